The van der Waals surface area contributed by atoms with Crippen LogP contribution in [0, 0.1) is 0 Å². The second kappa shape index (κ2) is 54.2. The fourth-order valence-electron chi connectivity index (χ4n) is 8.24. The van der Waals surface area contributed by atoms with Gasteiger partial charge in [0.25, 0.3) is 0 Å². The predicted molar refractivity (Wildman–Crippen MR) is 279 cm³/mol. The molecule has 0 N–H and O–H groups in total. The van der Waals surface area contributed by atoms with Gasteiger partial charge >= 0.3 is 17.9 Å². The molecular weight excluding hydrogens is 805 g/mol. The Bertz CT molecular complexity index is 1090. The Kier molecular flexibility index (Phi) is 52.3. The Hall–Kier alpha value is -2.37. The number of carbonyl (C=O) groups excluding carboxylic acids is 3. The summed E-state index contributed by atoms with van der Waals surface area (Å²) >= 11 is 0. The number of rotatable bonds is 52. The first-order valence-corrected chi connectivity index (χ1v) is 28.5. The van der Waals surface area contributed by atoms with Crippen LogP contribution in [0.2, 0.25) is 0 Å². The average Bonchev–Trinajstić information content (AvgIpc) is 3.30. The van der Waals surface area contributed by atoms with Gasteiger partial charge in [-0.1, -0.05) is 231 Å². The molecule has 0 radical (unpaired) electrons. The lowest BCUT2D eigenvalue weighted by molar-refractivity contribution is -0.167. The van der Waals surface area contributed by atoms with Crippen LogP contribution in [0.4, 0.5) is 0 Å². The highest BCUT2D eigenvalue weighted by molar-refractivity contribution is 5.71. The maximum atomic E-state index is 12.8. The maximum absolute atomic E-state index is 12.8. The Balaban J connectivity index is 4.27. The Morgan fingerprint density at radius 1 is 0.292 bits per heavy atom. The topological polar surface area (TPSA) is 78.9 Å². The molecule has 0 aliphatic rings. The van der Waals surface area contributed by atoms with E-state index in [9.17, 15) is 14.4 Å². The van der Waals surface area contributed by atoms with E-state index in [1.54, 1.807) is 0 Å². The molecule has 0 saturated carbocycles. The Morgan fingerprint density at radius 2 is 0.523 bits per heavy atom. The molecule has 0 heterocycles. The van der Waals surface area contributed by atoms with Crippen molar-refractivity contribution in [3.8, 4) is 0 Å². The zero-order valence-electron chi connectivity index (χ0n) is 43.5. The molecular formula is C59H108O6. The summed E-state index contributed by atoms with van der Waals surface area (Å²) in [6.07, 6.45) is 64.2. The highest BCUT2D eigenvalue weighted by Gasteiger charge is 2.19. The van der Waals surface area contributed by atoms with Crippen LogP contribution >= 0.6 is 0 Å². The fourth-order valence-corrected chi connectivity index (χ4v) is 8.24. The quantitative estimate of drug-likeness (QED) is 0.0262. The molecule has 380 valence electrons. The van der Waals surface area contributed by atoms with E-state index in [2.05, 4.69) is 57.2 Å². The van der Waals surface area contributed by atoms with Gasteiger partial charge in [0, 0.05) is 19.3 Å². The molecule has 0 aliphatic heterocycles. The first kappa shape index (κ1) is 62.6. The van der Waals surface area contributed by atoms with Gasteiger partial charge in [0.2, 0.25) is 0 Å². The molecule has 0 amide bonds. The summed E-state index contributed by atoms with van der Waals surface area (Å²) in [6, 6.07) is 0. The summed E-state index contributed by atoms with van der Waals surface area (Å²) < 4.78 is 16.8. The van der Waals surface area contributed by atoms with Crippen molar-refractivity contribution in [2.75, 3.05) is 13.2 Å². The van der Waals surface area contributed by atoms with E-state index in [1.165, 1.54) is 186 Å². The van der Waals surface area contributed by atoms with Crippen LogP contribution in [-0.4, -0.2) is 37.2 Å². The second-order valence-corrected chi connectivity index (χ2v) is 19.2. The number of ether oxygens (including phenoxy) is 3. The smallest absolute Gasteiger partial charge is 0.306 e. The van der Waals surface area contributed by atoms with Gasteiger partial charge in [-0.05, 0) is 89.9 Å². The summed E-state index contributed by atoms with van der Waals surface area (Å²) in [5, 5.41) is 0. The molecule has 0 aromatic carbocycles. The van der Waals surface area contributed by atoms with Crippen molar-refractivity contribution in [3.63, 3.8) is 0 Å². The third-order valence-corrected chi connectivity index (χ3v) is 12.6. The molecule has 0 aromatic heterocycles. The van der Waals surface area contributed by atoms with Crippen molar-refractivity contribution < 1.29 is 28.6 Å². The van der Waals surface area contributed by atoms with Gasteiger partial charge in [-0.3, -0.25) is 14.4 Å². The minimum absolute atomic E-state index is 0.0764. The van der Waals surface area contributed by atoms with Gasteiger partial charge in [-0.2, -0.15) is 0 Å². The lowest BCUT2D eigenvalue weighted by atomic mass is 10.0. The van der Waals surface area contributed by atoms with Gasteiger partial charge in [-0.25, -0.2) is 0 Å². The van der Waals surface area contributed by atoms with E-state index < -0.39 is 6.10 Å². The first-order chi connectivity index (χ1) is 32.0. The van der Waals surface area contributed by atoms with Gasteiger partial charge in [0.1, 0.15) is 13.2 Å². The number of esters is 3. The minimum Gasteiger partial charge on any atom is -0.462 e. The van der Waals surface area contributed by atoms with Crippen molar-refractivity contribution >= 4 is 17.9 Å². The van der Waals surface area contributed by atoms with E-state index in [1.807, 2.05) is 0 Å². The van der Waals surface area contributed by atoms with Crippen LogP contribution in [-0.2, 0) is 28.6 Å². The zero-order chi connectivity index (χ0) is 47.2. The molecule has 6 heteroatoms. The summed E-state index contributed by atoms with van der Waals surface area (Å²) in [5.41, 5.74) is 0. The van der Waals surface area contributed by atoms with Crippen LogP contribution in [0.15, 0.2) is 36.5 Å². The van der Waals surface area contributed by atoms with Crippen molar-refractivity contribution in [3.05, 3.63) is 36.5 Å². The van der Waals surface area contributed by atoms with E-state index in [0.29, 0.717) is 19.3 Å². The lowest BCUT2D eigenvalue weighted by Crippen LogP contribution is -2.30. The molecule has 0 aliphatic carbocycles. The Labute approximate surface area is 404 Å². The third-order valence-electron chi connectivity index (χ3n) is 12.6. The average molecular weight is 914 g/mol. The van der Waals surface area contributed by atoms with Crippen molar-refractivity contribution in [1.82, 2.24) is 0 Å². The van der Waals surface area contributed by atoms with Crippen molar-refractivity contribution in [2.45, 2.75) is 309 Å². The fraction of sp³-hybridized carbons (Fsp3) is 0.847. The number of hydrogen-bond acceptors (Lipinski definition) is 6. The summed E-state index contributed by atoms with van der Waals surface area (Å²) in [4.78, 5) is 38.0. The van der Waals surface area contributed by atoms with Crippen LogP contribution in [0.5, 0.6) is 0 Å². The lowest BCUT2D eigenvalue weighted by Gasteiger charge is -2.18. The summed E-state index contributed by atoms with van der Waals surface area (Å²) in [7, 11) is 0. The van der Waals surface area contributed by atoms with E-state index in [-0.39, 0.29) is 31.1 Å². The molecule has 0 spiro atoms. The van der Waals surface area contributed by atoms with E-state index >= 15 is 0 Å². The van der Waals surface area contributed by atoms with Gasteiger partial charge in [0.15, 0.2) is 6.10 Å². The molecule has 0 aromatic rings. The van der Waals surface area contributed by atoms with Crippen LogP contribution in [0.25, 0.3) is 0 Å². The van der Waals surface area contributed by atoms with Crippen LogP contribution in [0.3, 0.4) is 0 Å². The normalized spacial score (nSPS) is 12.2. The monoisotopic (exact) mass is 913 g/mol. The Morgan fingerprint density at radius 3 is 0.815 bits per heavy atom. The molecule has 0 unspecified atom stereocenters. The number of carbonyl (C=O) groups is 3. The predicted octanol–water partition coefficient (Wildman–Crippen LogP) is 18.9. The molecule has 0 saturated heterocycles. The third kappa shape index (κ3) is 52.5. The van der Waals surface area contributed by atoms with E-state index in [4.69, 9.17) is 14.2 Å². The van der Waals surface area contributed by atoms with Crippen LogP contribution in [0.1, 0.15) is 303 Å². The summed E-state index contributed by atoms with van der Waals surface area (Å²) in [5.74, 6) is -0.883. The van der Waals surface area contributed by atoms with Crippen molar-refractivity contribution in [1.29, 1.82) is 0 Å². The van der Waals surface area contributed by atoms with Crippen molar-refractivity contribution in [2.24, 2.45) is 0 Å². The van der Waals surface area contributed by atoms with Gasteiger partial charge < -0.3 is 14.2 Å². The highest BCUT2D eigenvalue weighted by atomic mass is 16.6. The maximum Gasteiger partial charge on any atom is 0.306 e. The largest absolute Gasteiger partial charge is 0.462 e. The zero-order valence-corrected chi connectivity index (χ0v) is 43.5. The highest BCUT2D eigenvalue weighted by Crippen LogP contribution is 2.16. The summed E-state index contributed by atoms with van der Waals surface area (Å²) in [6.45, 7) is 6.61. The second-order valence-electron chi connectivity index (χ2n) is 19.2. The molecule has 1 atom stereocenters. The number of hydrogen-bond donors (Lipinski definition) is 0. The SMILES string of the molecule is CCCC/C=C\CCCCCCCC(=O)O[C@@H](COC(=O)CCCCCCC/C=C\CCCCCCCC)COC(=O)CCCCCCCCCCCCC/C=C\CCCCCCCC. The molecule has 0 bridgehead atoms. The number of unbranched alkanes of at least 4 members (excludes halogenated alkanes) is 35. The van der Waals surface area contributed by atoms with Gasteiger partial charge in [0.05, 0.1) is 0 Å². The minimum atomic E-state index is -0.777. The molecule has 6 nitrogen and oxygen atoms in total. The molecule has 65 heavy (non-hydrogen) atoms. The molecule has 0 fully saturated rings. The van der Waals surface area contributed by atoms with E-state index in [0.717, 1.165) is 77.0 Å². The number of allylic oxidation sites excluding steroid dienone is 6. The van der Waals surface area contributed by atoms with Crippen LogP contribution < -0.4 is 0 Å². The standard InChI is InChI=1S/C59H108O6/c1-4-7-10-13-16-19-22-24-26-27-28-29-30-31-33-35-38-40-43-46-49-52-58(61)64-55-56(65-59(62)53-50-47-44-41-36-21-18-15-12-9-6-3)54-63-57(60)51-48-45-42-39-37-34-32-25-23-20-17-14-11-8-5-2/h15,18,24-26,32,56H,4-14,16-17,19-23,27-31,33-55H2,1-3H3/b18-15-,26-24-,32-25-/t56-/m0/s1. The first-order valence-electron chi connectivity index (χ1n) is 28.5. The van der Waals surface area contributed by atoms with Gasteiger partial charge in [-0.15, -0.1) is 0 Å². The molecule has 0 rings (SSSR count).